The van der Waals surface area contributed by atoms with Crippen molar-refractivity contribution in [2.75, 3.05) is 57.7 Å². The van der Waals surface area contributed by atoms with Crippen LogP contribution in [0.15, 0.2) is 42.5 Å². The summed E-state index contributed by atoms with van der Waals surface area (Å²) in [5, 5.41) is 22.2. The molecular formula is C36H48BN5O7. The number of benzene rings is 2. The largest absolute Gasteiger partial charge is 0.509 e. The second-order valence-electron chi connectivity index (χ2n) is 14.1. The highest BCUT2D eigenvalue weighted by Gasteiger charge is 2.37. The maximum atomic E-state index is 14.0. The lowest BCUT2D eigenvalue weighted by atomic mass is 9.78. The first-order chi connectivity index (χ1) is 23.6. The lowest BCUT2D eigenvalue weighted by Crippen LogP contribution is -2.52. The van der Waals surface area contributed by atoms with Crippen LogP contribution in [0.1, 0.15) is 49.7 Å². The van der Waals surface area contributed by atoms with E-state index in [4.69, 9.17) is 9.84 Å². The predicted molar refractivity (Wildman–Crippen MR) is 187 cm³/mol. The van der Waals surface area contributed by atoms with Gasteiger partial charge in [-0.3, -0.25) is 14.5 Å². The van der Waals surface area contributed by atoms with E-state index in [1.54, 1.807) is 24.9 Å². The minimum absolute atomic E-state index is 0.00136. The number of likely N-dealkylation sites (tertiary alicyclic amines) is 3. The molecule has 1 atom stereocenters. The lowest BCUT2D eigenvalue weighted by molar-refractivity contribution is -0.142. The number of aromatic hydroxyl groups is 1. The molecule has 262 valence electrons. The smallest absolute Gasteiger partial charge is 0.410 e. The minimum atomic E-state index is -1.00. The second-order valence-corrected chi connectivity index (χ2v) is 14.1. The van der Waals surface area contributed by atoms with Gasteiger partial charge in [0.2, 0.25) is 0 Å². The fourth-order valence-electron chi connectivity index (χ4n) is 8.10. The van der Waals surface area contributed by atoms with Crippen molar-refractivity contribution >= 4 is 43.0 Å². The van der Waals surface area contributed by atoms with Crippen LogP contribution in [0, 0.1) is 11.8 Å². The molecule has 0 aliphatic carbocycles. The van der Waals surface area contributed by atoms with Crippen LogP contribution in [-0.2, 0) is 27.2 Å². The van der Waals surface area contributed by atoms with Crippen LogP contribution in [0.3, 0.4) is 0 Å². The summed E-state index contributed by atoms with van der Waals surface area (Å²) >= 11 is 0. The second kappa shape index (κ2) is 15.5. The highest BCUT2D eigenvalue weighted by atomic mass is 16.6. The number of rotatable bonds is 8. The zero-order valence-corrected chi connectivity index (χ0v) is 28.4. The predicted octanol–water partition coefficient (Wildman–Crippen LogP) is 2.29. The van der Waals surface area contributed by atoms with Gasteiger partial charge in [-0.15, -0.1) is 0 Å². The maximum absolute atomic E-state index is 14.0. The fraction of sp³-hybridized carbons (Fsp3) is 0.556. The number of ether oxygens (including phenoxy) is 1. The van der Waals surface area contributed by atoms with Crippen LogP contribution >= 0.6 is 0 Å². The van der Waals surface area contributed by atoms with Gasteiger partial charge in [0.25, 0.3) is 5.91 Å². The number of fused-ring (bicyclic) bond motifs is 1. The number of piperidine rings is 3. The quantitative estimate of drug-likeness (QED) is 0.363. The molecule has 3 N–H and O–H groups in total. The third-order valence-corrected chi connectivity index (χ3v) is 11.0. The van der Waals surface area contributed by atoms with Crippen LogP contribution in [0.25, 0.3) is 0 Å². The molecule has 12 nitrogen and oxygen atoms in total. The van der Waals surface area contributed by atoms with E-state index in [9.17, 15) is 24.3 Å². The van der Waals surface area contributed by atoms with Gasteiger partial charge in [-0.25, -0.2) is 9.59 Å². The Morgan fingerprint density at radius 3 is 2.20 bits per heavy atom. The van der Waals surface area contributed by atoms with Gasteiger partial charge in [-0.1, -0.05) is 30.3 Å². The van der Waals surface area contributed by atoms with E-state index in [0.717, 1.165) is 62.0 Å². The number of carboxylic acids is 1. The SMILES string of the molecule is Bc1cc(C[C@@H](OC(=O)N2CCC(N3CCc4ccccc4NC3=O)CC2)C(=O)N2CCC(C3CCN(CC(=O)O)CC3)CC2)ccc1O. The number of hydrogen-bond acceptors (Lipinski definition) is 7. The lowest BCUT2D eigenvalue weighted by Gasteiger charge is -2.41. The molecule has 0 spiro atoms. The molecule has 0 aromatic heterocycles. The summed E-state index contributed by atoms with van der Waals surface area (Å²) in [6.07, 6.45) is 4.38. The van der Waals surface area contributed by atoms with Crippen molar-refractivity contribution in [2.45, 2.75) is 63.5 Å². The zero-order chi connectivity index (χ0) is 34.5. The average Bonchev–Trinajstić information content (AvgIpc) is 3.27. The summed E-state index contributed by atoms with van der Waals surface area (Å²) in [6, 6.07) is 12.9. The van der Waals surface area contributed by atoms with E-state index in [0.29, 0.717) is 62.9 Å². The van der Waals surface area contributed by atoms with Crippen molar-refractivity contribution in [3.63, 3.8) is 0 Å². The number of hydrogen-bond donors (Lipinski definition) is 3. The van der Waals surface area contributed by atoms with Gasteiger partial charge in [-0.2, -0.15) is 0 Å². The number of carboxylic acid groups (broad SMARTS) is 1. The monoisotopic (exact) mass is 673 g/mol. The third kappa shape index (κ3) is 8.49. The molecule has 4 aliphatic rings. The summed E-state index contributed by atoms with van der Waals surface area (Å²) in [7, 11) is 1.80. The number of amides is 4. The van der Waals surface area contributed by atoms with Gasteiger partial charge >= 0.3 is 18.1 Å². The Balaban J connectivity index is 1.05. The van der Waals surface area contributed by atoms with Crippen molar-refractivity contribution in [1.29, 1.82) is 0 Å². The molecule has 4 amide bonds. The van der Waals surface area contributed by atoms with E-state index >= 15 is 0 Å². The first kappa shape index (κ1) is 34.6. The Kier molecular flexibility index (Phi) is 11.0. The minimum Gasteiger partial charge on any atom is -0.509 e. The number of nitrogens with zero attached hydrogens (tertiary/aromatic N) is 4. The Morgan fingerprint density at radius 2 is 1.53 bits per heavy atom. The van der Waals surface area contributed by atoms with Gasteiger partial charge in [-0.05, 0) is 98.6 Å². The first-order valence-electron chi connectivity index (χ1n) is 17.8. The van der Waals surface area contributed by atoms with Crippen molar-refractivity contribution < 1.29 is 34.1 Å². The van der Waals surface area contributed by atoms with Gasteiger partial charge in [0.05, 0.1) is 6.54 Å². The maximum Gasteiger partial charge on any atom is 0.410 e. The molecule has 49 heavy (non-hydrogen) atoms. The number of nitrogens with one attached hydrogen (secondary N) is 1. The molecule has 0 radical (unpaired) electrons. The molecule has 2 aromatic rings. The highest BCUT2D eigenvalue weighted by Crippen LogP contribution is 2.33. The van der Waals surface area contributed by atoms with Crippen molar-refractivity contribution in [2.24, 2.45) is 11.8 Å². The van der Waals surface area contributed by atoms with Gasteiger partial charge < -0.3 is 35.0 Å². The molecule has 2 aromatic carbocycles. The molecule has 4 heterocycles. The van der Waals surface area contributed by atoms with E-state index in [2.05, 4.69) is 5.32 Å². The van der Waals surface area contributed by atoms with E-state index in [-0.39, 0.29) is 36.7 Å². The number of urea groups is 1. The molecular weight excluding hydrogens is 625 g/mol. The molecule has 0 unspecified atom stereocenters. The van der Waals surface area contributed by atoms with Crippen molar-refractivity contribution in [1.82, 2.24) is 19.6 Å². The molecule has 0 bridgehead atoms. The number of anilines is 1. The number of carbonyl (C=O) groups is 4. The molecule has 3 fully saturated rings. The zero-order valence-electron chi connectivity index (χ0n) is 28.4. The molecule has 6 rings (SSSR count). The summed E-state index contributed by atoms with van der Waals surface area (Å²) in [5.74, 6) is 0.183. The van der Waals surface area contributed by atoms with Gasteiger partial charge in [0.1, 0.15) is 13.6 Å². The Labute approximate surface area is 288 Å². The van der Waals surface area contributed by atoms with Crippen LogP contribution in [0.4, 0.5) is 15.3 Å². The first-order valence-corrected chi connectivity index (χ1v) is 17.8. The average molecular weight is 674 g/mol. The Morgan fingerprint density at radius 1 is 0.878 bits per heavy atom. The number of aliphatic carboxylic acids is 1. The van der Waals surface area contributed by atoms with E-state index < -0.39 is 18.2 Å². The molecule has 0 saturated carbocycles. The third-order valence-electron chi connectivity index (χ3n) is 11.0. The topological polar surface area (TPSA) is 143 Å². The van der Waals surface area contributed by atoms with Gasteiger partial charge in [0, 0.05) is 50.9 Å². The molecule has 4 aliphatic heterocycles. The highest BCUT2D eigenvalue weighted by molar-refractivity contribution is 6.34. The van der Waals surface area contributed by atoms with Crippen LogP contribution in [-0.4, -0.2) is 126 Å². The molecule has 13 heteroatoms. The molecule has 3 saturated heterocycles. The summed E-state index contributed by atoms with van der Waals surface area (Å²) < 4.78 is 6.02. The van der Waals surface area contributed by atoms with Crippen molar-refractivity contribution in [3.05, 3.63) is 53.6 Å². The fourth-order valence-corrected chi connectivity index (χ4v) is 8.10. The number of phenols is 1. The Bertz CT molecular complexity index is 1520. The van der Waals surface area contributed by atoms with Crippen LogP contribution in [0.5, 0.6) is 5.75 Å². The number of phenolic OH excluding ortho intramolecular Hbond substituents is 1. The van der Waals surface area contributed by atoms with E-state index in [1.165, 1.54) is 0 Å². The number of carbonyl (C=O) groups excluding carboxylic acids is 3. The summed E-state index contributed by atoms with van der Waals surface area (Å²) in [5.41, 5.74) is 3.45. The normalized spacial score (nSPS) is 20.7. The standard InChI is InChI=1S/C36H48BN5O7/c37-29-21-24(5-6-31(29)43)22-32(34(46)40-16-9-26(10-17-40)25-7-14-39(15-8-25)23-33(44)45)49-36(48)41-18-12-28(13-19-41)42-20-11-27-3-1-2-4-30(27)38-35(42)47/h1-6,21,25-26,28,32,43H,7-20,22-23,37H2,(H,38,47)(H,44,45)/t32-/m1/s1. The number of para-hydroxylation sites is 1. The van der Waals surface area contributed by atoms with Crippen molar-refractivity contribution in [3.8, 4) is 5.75 Å². The van der Waals surface area contributed by atoms with Crippen LogP contribution in [0.2, 0.25) is 0 Å². The van der Waals surface area contributed by atoms with Crippen LogP contribution < -0.4 is 10.8 Å². The Hall–Kier alpha value is -4.26. The summed E-state index contributed by atoms with van der Waals surface area (Å²) in [6.45, 7) is 4.31. The van der Waals surface area contributed by atoms with Gasteiger partial charge in [0.15, 0.2) is 6.10 Å². The van der Waals surface area contributed by atoms with E-state index in [1.807, 2.05) is 45.0 Å². The summed E-state index contributed by atoms with van der Waals surface area (Å²) in [4.78, 5) is 59.1.